The fourth-order valence-corrected chi connectivity index (χ4v) is 4.00. The Morgan fingerprint density at radius 3 is 2.83 bits per heavy atom. The van der Waals surface area contributed by atoms with Crippen LogP contribution in [0.2, 0.25) is 0 Å². The number of carbonyl (C=O) groups is 3. The minimum Gasteiger partial charge on any atom is -0.297 e. The molecule has 1 fully saturated rings. The summed E-state index contributed by atoms with van der Waals surface area (Å²) >= 11 is 0. The second kappa shape index (κ2) is 9.64. The van der Waals surface area contributed by atoms with Gasteiger partial charge in [-0.1, -0.05) is 25.7 Å². The number of nitrogens with zero attached hydrogens (tertiary/aromatic N) is 5. The molecule has 2 aliphatic rings. The van der Waals surface area contributed by atoms with Gasteiger partial charge in [0.25, 0.3) is 0 Å². The van der Waals surface area contributed by atoms with Crippen molar-refractivity contribution in [3.05, 3.63) is 24.0 Å². The van der Waals surface area contributed by atoms with E-state index in [1.54, 1.807) is 0 Å². The molecule has 0 unspecified atom stereocenters. The van der Waals surface area contributed by atoms with Crippen molar-refractivity contribution in [1.82, 2.24) is 20.0 Å². The first kappa shape index (κ1) is 21.0. The third-order valence-electron chi connectivity index (χ3n) is 5.48. The Bertz CT molecular complexity index is 784. The van der Waals surface area contributed by atoms with Crippen LogP contribution in [0.15, 0.2) is 17.6 Å². The zero-order valence-corrected chi connectivity index (χ0v) is 16.0. The number of hydroxylamine groups is 2. The summed E-state index contributed by atoms with van der Waals surface area (Å²) in [7, 11) is 0. The number of halogens is 1. The quantitative estimate of drug-likeness (QED) is 0.377. The van der Waals surface area contributed by atoms with Crippen molar-refractivity contribution in [2.45, 2.75) is 51.0 Å². The average Bonchev–Trinajstić information content (AvgIpc) is 3.40. The van der Waals surface area contributed by atoms with E-state index >= 15 is 0 Å². The number of carbonyl (C=O) groups excluding carboxylic acids is 3. The maximum absolute atomic E-state index is 13.8. The molecule has 9 nitrogen and oxygen atoms in total. The zero-order valence-electron chi connectivity index (χ0n) is 16.0. The summed E-state index contributed by atoms with van der Waals surface area (Å²) in [6.45, 7) is -0.160. The van der Waals surface area contributed by atoms with E-state index in [1.165, 1.54) is 6.21 Å². The Balaban J connectivity index is 1.71. The largest absolute Gasteiger partial charge is 0.297 e. The van der Waals surface area contributed by atoms with Gasteiger partial charge in [-0.05, 0) is 12.3 Å². The number of hydrogen-bond acceptors (Lipinski definition) is 7. The SMILES string of the molecule is O=CN(O)C[C@@H](CC1CCCC1)C(=O)N1N=CC[C@H]1C(=O)Cc1ncncc1F. The second-order valence-corrected chi connectivity index (χ2v) is 7.50. The van der Waals surface area contributed by atoms with Crippen LogP contribution in [-0.4, -0.2) is 62.1 Å². The number of hydrogen-bond donors (Lipinski definition) is 1. The highest BCUT2D eigenvalue weighted by atomic mass is 19.1. The van der Waals surface area contributed by atoms with Gasteiger partial charge in [0.15, 0.2) is 11.6 Å². The molecule has 1 aliphatic heterocycles. The fraction of sp³-hybridized carbons (Fsp3) is 0.579. The summed E-state index contributed by atoms with van der Waals surface area (Å²) in [5.41, 5.74) is -0.0331. The Labute approximate surface area is 167 Å². The van der Waals surface area contributed by atoms with Crippen LogP contribution in [0.4, 0.5) is 4.39 Å². The van der Waals surface area contributed by atoms with E-state index in [0.717, 1.165) is 43.2 Å². The fourth-order valence-electron chi connectivity index (χ4n) is 4.00. The van der Waals surface area contributed by atoms with Gasteiger partial charge in [0.1, 0.15) is 12.4 Å². The minimum atomic E-state index is -0.855. The lowest BCUT2D eigenvalue weighted by Gasteiger charge is -2.28. The lowest BCUT2D eigenvalue weighted by molar-refractivity contribution is -0.158. The number of amides is 2. The molecule has 1 N–H and O–H groups in total. The summed E-state index contributed by atoms with van der Waals surface area (Å²) in [6, 6.07) is -0.855. The maximum Gasteiger partial charge on any atom is 0.248 e. The van der Waals surface area contributed by atoms with E-state index in [1.807, 2.05) is 0 Å². The lowest BCUT2D eigenvalue weighted by Crippen LogP contribution is -2.45. The first-order valence-corrected chi connectivity index (χ1v) is 9.73. The van der Waals surface area contributed by atoms with Crippen LogP contribution >= 0.6 is 0 Å². The summed E-state index contributed by atoms with van der Waals surface area (Å²) in [6.07, 6.45) is 8.50. The third-order valence-corrected chi connectivity index (χ3v) is 5.48. The number of rotatable bonds is 9. The summed E-state index contributed by atoms with van der Waals surface area (Å²) < 4.78 is 13.8. The van der Waals surface area contributed by atoms with Crippen molar-refractivity contribution in [2.24, 2.45) is 16.9 Å². The highest BCUT2D eigenvalue weighted by Gasteiger charge is 2.38. The van der Waals surface area contributed by atoms with Gasteiger partial charge in [-0.15, -0.1) is 0 Å². The summed E-state index contributed by atoms with van der Waals surface area (Å²) in [5, 5.41) is 15.2. The third kappa shape index (κ3) is 5.20. The van der Waals surface area contributed by atoms with Crippen LogP contribution in [0, 0.1) is 17.7 Å². The molecule has 0 bridgehead atoms. The molecule has 1 aliphatic carbocycles. The molecule has 0 saturated heterocycles. The number of ketones is 1. The molecule has 3 rings (SSSR count). The lowest BCUT2D eigenvalue weighted by atomic mass is 9.91. The van der Waals surface area contributed by atoms with E-state index in [0.29, 0.717) is 17.4 Å². The molecular formula is C19H24FN5O4. The van der Waals surface area contributed by atoms with Crippen molar-refractivity contribution < 1.29 is 24.0 Å². The Hall–Kier alpha value is -2.75. The molecule has 29 heavy (non-hydrogen) atoms. The van der Waals surface area contributed by atoms with Crippen molar-refractivity contribution in [3.8, 4) is 0 Å². The highest BCUT2D eigenvalue weighted by Crippen LogP contribution is 2.32. The van der Waals surface area contributed by atoms with Crippen LogP contribution in [-0.2, 0) is 20.8 Å². The van der Waals surface area contributed by atoms with E-state index in [2.05, 4.69) is 15.1 Å². The van der Waals surface area contributed by atoms with Gasteiger partial charge in [0.2, 0.25) is 12.3 Å². The van der Waals surface area contributed by atoms with Crippen molar-refractivity contribution in [1.29, 1.82) is 0 Å². The number of aromatic nitrogens is 2. The standard InChI is InChI=1S/C19H24FN5O4/c20-15-9-21-11-22-16(15)8-18(27)17-5-6-23-25(17)19(28)14(10-24(29)12-26)7-13-3-1-2-4-13/h6,9,11-14,17,29H,1-5,7-8,10H2/t14-,17+/m1/s1. The average molecular weight is 405 g/mol. The number of Topliss-reactive ketones (excluding diaryl/α,β-unsaturated/α-hetero) is 1. The zero-order chi connectivity index (χ0) is 20.8. The topological polar surface area (TPSA) is 116 Å². The predicted octanol–water partition coefficient (Wildman–Crippen LogP) is 1.36. The summed E-state index contributed by atoms with van der Waals surface area (Å²) in [5.74, 6) is -1.83. The molecule has 1 aromatic rings. The molecule has 2 amide bonds. The molecule has 1 aromatic heterocycles. The molecule has 0 spiro atoms. The first-order valence-electron chi connectivity index (χ1n) is 9.73. The molecule has 0 radical (unpaired) electrons. The van der Waals surface area contributed by atoms with Crippen molar-refractivity contribution in [3.63, 3.8) is 0 Å². The van der Waals surface area contributed by atoms with Gasteiger partial charge < -0.3 is 0 Å². The van der Waals surface area contributed by atoms with Gasteiger partial charge in [-0.2, -0.15) is 5.10 Å². The van der Waals surface area contributed by atoms with Gasteiger partial charge in [-0.25, -0.2) is 24.4 Å². The van der Waals surface area contributed by atoms with E-state index in [4.69, 9.17) is 0 Å². The van der Waals surface area contributed by atoms with Gasteiger partial charge in [-0.3, -0.25) is 19.6 Å². The predicted molar refractivity (Wildman–Crippen MR) is 99.1 cm³/mol. The monoisotopic (exact) mass is 405 g/mol. The first-order chi connectivity index (χ1) is 14.0. The van der Waals surface area contributed by atoms with E-state index in [9.17, 15) is 24.0 Å². The van der Waals surface area contributed by atoms with Crippen LogP contribution in [0.1, 0.15) is 44.2 Å². The molecule has 10 heteroatoms. The maximum atomic E-state index is 13.8. The molecule has 1 saturated carbocycles. The van der Waals surface area contributed by atoms with Crippen molar-refractivity contribution >= 4 is 24.3 Å². The van der Waals surface area contributed by atoms with Crippen LogP contribution in [0.5, 0.6) is 0 Å². The summed E-state index contributed by atoms with van der Waals surface area (Å²) in [4.78, 5) is 44.0. The van der Waals surface area contributed by atoms with E-state index in [-0.39, 0.29) is 37.3 Å². The molecule has 2 heterocycles. The van der Waals surface area contributed by atoms with Crippen LogP contribution in [0.25, 0.3) is 0 Å². The molecule has 0 aromatic carbocycles. The van der Waals surface area contributed by atoms with Crippen molar-refractivity contribution in [2.75, 3.05) is 6.54 Å². The Morgan fingerprint density at radius 1 is 1.38 bits per heavy atom. The molecular weight excluding hydrogens is 381 g/mol. The smallest absolute Gasteiger partial charge is 0.248 e. The van der Waals surface area contributed by atoms with Crippen LogP contribution < -0.4 is 0 Å². The highest BCUT2D eigenvalue weighted by molar-refractivity contribution is 5.94. The number of hydrazone groups is 1. The molecule has 156 valence electrons. The van der Waals surface area contributed by atoms with Gasteiger partial charge in [0, 0.05) is 12.6 Å². The van der Waals surface area contributed by atoms with Gasteiger partial charge >= 0.3 is 0 Å². The Kier molecular flexibility index (Phi) is 6.97. The Morgan fingerprint density at radius 2 is 2.14 bits per heavy atom. The normalized spacial score (nSPS) is 20.1. The van der Waals surface area contributed by atoms with E-state index < -0.39 is 23.7 Å². The van der Waals surface area contributed by atoms with Crippen LogP contribution in [0.3, 0.4) is 0 Å². The minimum absolute atomic E-state index is 0.0331. The van der Waals surface area contributed by atoms with Gasteiger partial charge in [0.05, 0.1) is 30.8 Å². The second-order valence-electron chi connectivity index (χ2n) is 7.50. The molecule has 2 atom stereocenters.